The van der Waals surface area contributed by atoms with E-state index in [1.165, 1.54) is 12.0 Å². The number of anilines is 1. The van der Waals surface area contributed by atoms with Crippen molar-refractivity contribution in [3.63, 3.8) is 0 Å². The number of cyclic esters (lactones) is 1. The van der Waals surface area contributed by atoms with Crippen molar-refractivity contribution in [1.82, 2.24) is 0 Å². The first-order valence-electron chi connectivity index (χ1n) is 5.59. The summed E-state index contributed by atoms with van der Waals surface area (Å²) in [6, 6.07) is 3.50. The molecule has 0 aliphatic carbocycles. The Balaban J connectivity index is 2.38. The van der Waals surface area contributed by atoms with E-state index in [0.29, 0.717) is 29.5 Å². The summed E-state index contributed by atoms with van der Waals surface area (Å²) in [4.78, 5) is 13.3. The van der Waals surface area contributed by atoms with Gasteiger partial charge in [-0.15, -0.1) is 0 Å². The number of benzene rings is 1. The maximum Gasteiger partial charge on any atom is 0.414 e. The molecule has 1 aromatic rings. The summed E-state index contributed by atoms with van der Waals surface area (Å²) in [5, 5.41) is 0.596. The Morgan fingerprint density at radius 3 is 2.89 bits per heavy atom. The van der Waals surface area contributed by atoms with Gasteiger partial charge in [0.05, 0.1) is 19.3 Å². The van der Waals surface area contributed by atoms with Crippen LogP contribution in [0.5, 0.6) is 5.75 Å². The summed E-state index contributed by atoms with van der Waals surface area (Å²) in [6.07, 6.45) is -0.691. The number of halogens is 1. The van der Waals surface area contributed by atoms with E-state index in [1.54, 1.807) is 12.1 Å². The van der Waals surface area contributed by atoms with Crippen molar-refractivity contribution < 1.29 is 14.3 Å². The summed E-state index contributed by atoms with van der Waals surface area (Å²) >= 11 is 6.03. The lowest BCUT2D eigenvalue weighted by Gasteiger charge is -2.18. The lowest BCUT2D eigenvalue weighted by molar-refractivity contribution is 0.145. The molecular formula is C12H15ClN2O3. The van der Waals surface area contributed by atoms with Crippen LogP contribution in [0.2, 0.25) is 5.02 Å². The minimum Gasteiger partial charge on any atom is -0.495 e. The molecule has 0 spiro atoms. The first-order chi connectivity index (χ1) is 8.56. The predicted octanol–water partition coefficient (Wildman–Crippen LogP) is 1.94. The van der Waals surface area contributed by atoms with E-state index in [2.05, 4.69) is 0 Å². The fraction of sp³-hybridized carbons (Fsp3) is 0.417. The minimum atomic E-state index is -0.412. The first kappa shape index (κ1) is 13.0. The number of amides is 1. The van der Waals surface area contributed by atoms with Crippen LogP contribution >= 0.6 is 11.6 Å². The van der Waals surface area contributed by atoms with Gasteiger partial charge in [0.1, 0.15) is 11.9 Å². The fourth-order valence-corrected chi connectivity index (χ4v) is 2.02. The minimum absolute atomic E-state index is 0.279. The summed E-state index contributed by atoms with van der Waals surface area (Å²) in [5.41, 5.74) is 7.03. The Labute approximate surface area is 110 Å². The van der Waals surface area contributed by atoms with Gasteiger partial charge in [0.25, 0.3) is 0 Å². The number of aryl methyl sites for hydroxylation is 1. The number of carbonyl (C=O) groups is 1. The molecule has 6 heteroatoms. The average molecular weight is 271 g/mol. The van der Waals surface area contributed by atoms with Crippen LogP contribution in [0.25, 0.3) is 0 Å². The fourth-order valence-electron chi connectivity index (χ4n) is 1.86. The smallest absolute Gasteiger partial charge is 0.414 e. The predicted molar refractivity (Wildman–Crippen MR) is 69.4 cm³/mol. The van der Waals surface area contributed by atoms with Crippen LogP contribution in [0.1, 0.15) is 5.56 Å². The monoisotopic (exact) mass is 270 g/mol. The Morgan fingerprint density at radius 1 is 1.61 bits per heavy atom. The van der Waals surface area contributed by atoms with Crippen molar-refractivity contribution in [3.05, 3.63) is 22.7 Å². The summed E-state index contributed by atoms with van der Waals surface area (Å²) in [7, 11) is 1.53. The summed E-state index contributed by atoms with van der Waals surface area (Å²) < 4.78 is 10.4. The third kappa shape index (κ3) is 2.23. The lowest BCUT2D eigenvalue weighted by Crippen LogP contribution is -2.27. The summed E-state index contributed by atoms with van der Waals surface area (Å²) in [5.74, 6) is 0.542. The molecule has 98 valence electrons. The summed E-state index contributed by atoms with van der Waals surface area (Å²) in [6.45, 7) is 2.59. The van der Waals surface area contributed by atoms with E-state index in [0.717, 1.165) is 5.56 Å². The van der Waals surface area contributed by atoms with E-state index >= 15 is 0 Å². The van der Waals surface area contributed by atoms with E-state index in [9.17, 15) is 4.79 Å². The molecule has 18 heavy (non-hydrogen) atoms. The molecule has 1 fully saturated rings. The van der Waals surface area contributed by atoms with E-state index in [-0.39, 0.29) is 6.10 Å². The van der Waals surface area contributed by atoms with Crippen LogP contribution in [0.3, 0.4) is 0 Å². The maximum atomic E-state index is 11.8. The molecule has 1 saturated heterocycles. The second-order valence-electron chi connectivity index (χ2n) is 4.13. The second-order valence-corrected chi connectivity index (χ2v) is 4.53. The molecule has 5 nitrogen and oxygen atoms in total. The molecule has 0 saturated carbocycles. The van der Waals surface area contributed by atoms with Crippen molar-refractivity contribution in [2.75, 3.05) is 25.1 Å². The zero-order valence-corrected chi connectivity index (χ0v) is 11.0. The van der Waals surface area contributed by atoms with Crippen molar-refractivity contribution in [2.24, 2.45) is 5.73 Å². The molecule has 1 heterocycles. The molecule has 0 radical (unpaired) electrons. The third-order valence-electron chi connectivity index (χ3n) is 2.89. The Hall–Kier alpha value is -1.46. The van der Waals surface area contributed by atoms with E-state index in [1.807, 2.05) is 6.92 Å². The number of carbonyl (C=O) groups excluding carboxylic acids is 1. The van der Waals surface area contributed by atoms with Gasteiger partial charge < -0.3 is 15.2 Å². The van der Waals surface area contributed by atoms with Gasteiger partial charge in [-0.25, -0.2) is 4.79 Å². The van der Waals surface area contributed by atoms with Crippen LogP contribution in [-0.4, -0.2) is 32.4 Å². The molecule has 1 aliphatic rings. The number of hydrogen-bond donors (Lipinski definition) is 1. The van der Waals surface area contributed by atoms with Crippen LogP contribution in [0.4, 0.5) is 10.5 Å². The molecule has 1 unspecified atom stereocenters. The van der Waals surface area contributed by atoms with Crippen LogP contribution in [0, 0.1) is 6.92 Å². The van der Waals surface area contributed by atoms with Crippen LogP contribution < -0.4 is 15.4 Å². The largest absolute Gasteiger partial charge is 0.495 e. The molecule has 2 N–H and O–H groups in total. The Morgan fingerprint density at radius 2 is 2.33 bits per heavy atom. The zero-order chi connectivity index (χ0) is 13.3. The highest BCUT2D eigenvalue weighted by Gasteiger charge is 2.33. The first-order valence-corrected chi connectivity index (χ1v) is 5.97. The van der Waals surface area contributed by atoms with Crippen LogP contribution in [-0.2, 0) is 4.74 Å². The number of ether oxygens (including phenoxy) is 2. The highest BCUT2D eigenvalue weighted by atomic mass is 35.5. The quantitative estimate of drug-likeness (QED) is 0.912. The van der Waals surface area contributed by atoms with Gasteiger partial charge in [-0.05, 0) is 18.6 Å². The number of hydrogen-bond acceptors (Lipinski definition) is 4. The van der Waals surface area contributed by atoms with Gasteiger partial charge in [-0.3, -0.25) is 4.90 Å². The van der Waals surface area contributed by atoms with Gasteiger partial charge in [-0.2, -0.15) is 0 Å². The Bertz CT molecular complexity index is 479. The number of nitrogens with zero attached hydrogens (tertiary/aromatic N) is 1. The number of rotatable bonds is 3. The molecular weight excluding hydrogens is 256 g/mol. The molecule has 1 amide bonds. The number of nitrogens with two attached hydrogens (primary N) is 1. The SMILES string of the molecule is COc1cc(Cl)c(C)cc1N1CC(CN)OC1=O. The van der Waals surface area contributed by atoms with Crippen molar-refractivity contribution in [3.8, 4) is 5.75 Å². The maximum absolute atomic E-state index is 11.8. The van der Waals surface area contributed by atoms with Gasteiger partial charge in [0, 0.05) is 17.6 Å². The van der Waals surface area contributed by atoms with Crippen molar-refractivity contribution >= 4 is 23.4 Å². The highest BCUT2D eigenvalue weighted by molar-refractivity contribution is 6.31. The molecule has 0 aromatic heterocycles. The zero-order valence-electron chi connectivity index (χ0n) is 10.3. The van der Waals surface area contributed by atoms with E-state index in [4.69, 9.17) is 26.8 Å². The van der Waals surface area contributed by atoms with Gasteiger partial charge in [-0.1, -0.05) is 11.6 Å². The topological polar surface area (TPSA) is 64.8 Å². The third-order valence-corrected chi connectivity index (χ3v) is 3.30. The van der Waals surface area contributed by atoms with E-state index < -0.39 is 6.09 Å². The van der Waals surface area contributed by atoms with Gasteiger partial charge in [0.2, 0.25) is 0 Å². The lowest BCUT2D eigenvalue weighted by atomic mass is 10.2. The average Bonchev–Trinajstić information content (AvgIpc) is 2.73. The molecule has 2 rings (SSSR count). The second kappa shape index (κ2) is 5.04. The van der Waals surface area contributed by atoms with Gasteiger partial charge in [0.15, 0.2) is 0 Å². The standard InChI is InChI=1S/C12H15ClN2O3/c1-7-3-10(11(17-2)4-9(7)13)15-6-8(5-14)18-12(15)16/h3-4,8H,5-6,14H2,1-2H3. The molecule has 1 aliphatic heterocycles. The normalized spacial score (nSPS) is 19.0. The van der Waals surface area contributed by atoms with Crippen molar-refractivity contribution in [1.29, 1.82) is 0 Å². The van der Waals surface area contributed by atoms with Crippen LogP contribution in [0.15, 0.2) is 12.1 Å². The highest BCUT2D eigenvalue weighted by Crippen LogP contribution is 2.35. The van der Waals surface area contributed by atoms with Crippen molar-refractivity contribution in [2.45, 2.75) is 13.0 Å². The van der Waals surface area contributed by atoms with Gasteiger partial charge >= 0.3 is 6.09 Å². The molecule has 1 aromatic carbocycles. The molecule has 0 bridgehead atoms. The number of methoxy groups -OCH3 is 1. The Kier molecular flexibility index (Phi) is 3.63. The molecule has 1 atom stereocenters.